The third kappa shape index (κ3) is 2.78. The van der Waals surface area contributed by atoms with E-state index in [-0.39, 0.29) is 0 Å². The average Bonchev–Trinajstić information content (AvgIpc) is 3.31. The Labute approximate surface area is 144 Å². The number of anilines is 2. The number of hydrogen-bond acceptors (Lipinski definition) is 5. The van der Waals surface area contributed by atoms with Crippen LogP contribution in [0.5, 0.6) is 11.5 Å². The molecular weight excluding hydrogens is 318 g/mol. The van der Waals surface area contributed by atoms with E-state index in [1.165, 1.54) is 0 Å². The van der Waals surface area contributed by atoms with E-state index in [9.17, 15) is 0 Å². The summed E-state index contributed by atoms with van der Waals surface area (Å²) in [7, 11) is 3.21. The fraction of sp³-hybridized carbons (Fsp3) is 0.105. The van der Waals surface area contributed by atoms with Crippen LogP contribution in [0.2, 0.25) is 0 Å². The van der Waals surface area contributed by atoms with Gasteiger partial charge in [0.25, 0.3) is 6.01 Å². The number of aromatic nitrogens is 2. The van der Waals surface area contributed by atoms with Gasteiger partial charge in [0.2, 0.25) is 0 Å². The van der Waals surface area contributed by atoms with Gasteiger partial charge in [0.1, 0.15) is 0 Å². The maximum Gasteiger partial charge on any atom is 0.299 e. The number of oxazole rings is 1. The maximum atomic E-state index is 5.84. The molecule has 25 heavy (non-hydrogen) atoms. The molecule has 0 aliphatic rings. The maximum absolute atomic E-state index is 5.84. The molecule has 0 saturated carbocycles. The van der Waals surface area contributed by atoms with Crippen molar-refractivity contribution in [1.29, 1.82) is 0 Å². The van der Waals surface area contributed by atoms with E-state index in [1.807, 2.05) is 48.7 Å². The normalized spacial score (nSPS) is 10.8. The predicted octanol–water partition coefficient (Wildman–Crippen LogP) is 4.58. The Hall–Kier alpha value is -3.41. The summed E-state index contributed by atoms with van der Waals surface area (Å²) in [5.41, 5.74) is 2.77. The molecular formula is C19H17N3O3. The highest BCUT2D eigenvalue weighted by molar-refractivity contribution is 5.92. The Kier molecular flexibility index (Phi) is 3.78. The standard InChI is InChI=1S/C19H17N3O3/c1-23-15-7-6-13(10-16(15)24-2)17-11-21-19(25-17)22-14-5-3-4-12-8-9-20-18(12)14/h3-11,20H,1-2H3,(H,21,22). The highest BCUT2D eigenvalue weighted by Gasteiger charge is 2.11. The summed E-state index contributed by atoms with van der Waals surface area (Å²) >= 11 is 0. The molecule has 4 aromatic rings. The fourth-order valence-corrected chi connectivity index (χ4v) is 2.76. The van der Waals surface area contributed by atoms with Gasteiger partial charge < -0.3 is 24.2 Å². The summed E-state index contributed by atoms with van der Waals surface area (Å²) in [6.07, 6.45) is 3.58. The third-order valence-electron chi connectivity index (χ3n) is 4.00. The molecule has 2 heterocycles. The van der Waals surface area contributed by atoms with E-state index < -0.39 is 0 Å². The molecule has 6 heteroatoms. The van der Waals surface area contributed by atoms with Crippen molar-refractivity contribution >= 4 is 22.6 Å². The van der Waals surface area contributed by atoms with E-state index in [0.29, 0.717) is 23.3 Å². The van der Waals surface area contributed by atoms with Crippen LogP contribution >= 0.6 is 0 Å². The molecule has 0 fully saturated rings. The molecule has 2 aromatic heterocycles. The summed E-state index contributed by atoms with van der Waals surface area (Å²) in [5.74, 6) is 1.95. The first-order chi connectivity index (χ1) is 12.3. The number of nitrogens with zero attached hydrogens (tertiary/aromatic N) is 1. The minimum absolute atomic E-state index is 0.423. The molecule has 0 aliphatic heterocycles. The molecule has 2 N–H and O–H groups in total. The van der Waals surface area contributed by atoms with Crippen LogP contribution in [-0.2, 0) is 0 Å². The van der Waals surface area contributed by atoms with Crippen LogP contribution < -0.4 is 14.8 Å². The number of para-hydroxylation sites is 1. The van der Waals surface area contributed by atoms with Crippen molar-refractivity contribution in [1.82, 2.24) is 9.97 Å². The van der Waals surface area contributed by atoms with E-state index in [2.05, 4.69) is 15.3 Å². The second kappa shape index (κ2) is 6.24. The zero-order chi connectivity index (χ0) is 17.2. The molecule has 6 nitrogen and oxygen atoms in total. The van der Waals surface area contributed by atoms with Gasteiger partial charge in [-0.05, 0) is 30.3 Å². The molecule has 0 atom stereocenters. The topological polar surface area (TPSA) is 72.3 Å². The lowest BCUT2D eigenvalue weighted by molar-refractivity contribution is 0.355. The van der Waals surface area contributed by atoms with Gasteiger partial charge in [0, 0.05) is 17.1 Å². The number of nitrogens with one attached hydrogen (secondary N) is 2. The minimum Gasteiger partial charge on any atom is -0.493 e. The lowest BCUT2D eigenvalue weighted by atomic mass is 10.1. The Morgan fingerprint density at radius 1 is 1.04 bits per heavy atom. The molecule has 0 amide bonds. The Morgan fingerprint density at radius 3 is 2.76 bits per heavy atom. The molecule has 2 aromatic carbocycles. The Balaban J connectivity index is 1.63. The first-order valence-corrected chi connectivity index (χ1v) is 7.80. The van der Waals surface area contributed by atoms with Gasteiger partial charge in [0.15, 0.2) is 17.3 Å². The lowest BCUT2D eigenvalue weighted by Crippen LogP contribution is -1.91. The van der Waals surface area contributed by atoms with Crippen molar-refractivity contribution < 1.29 is 13.9 Å². The summed E-state index contributed by atoms with van der Waals surface area (Å²) in [4.78, 5) is 7.53. The van der Waals surface area contributed by atoms with Crippen LogP contribution in [0.4, 0.5) is 11.7 Å². The zero-order valence-corrected chi connectivity index (χ0v) is 13.9. The first-order valence-electron chi connectivity index (χ1n) is 7.80. The molecule has 126 valence electrons. The summed E-state index contributed by atoms with van der Waals surface area (Å²) in [6.45, 7) is 0. The average molecular weight is 335 g/mol. The summed E-state index contributed by atoms with van der Waals surface area (Å²) in [6, 6.07) is 14.0. The molecule has 0 bridgehead atoms. The van der Waals surface area contributed by atoms with Crippen LogP contribution in [0.15, 0.2) is 59.3 Å². The van der Waals surface area contributed by atoms with Crippen LogP contribution in [0.3, 0.4) is 0 Å². The molecule has 0 unspecified atom stereocenters. The van der Waals surface area contributed by atoms with Crippen LogP contribution in [0.1, 0.15) is 0 Å². The number of methoxy groups -OCH3 is 2. The number of fused-ring (bicyclic) bond motifs is 1. The van der Waals surface area contributed by atoms with Crippen molar-refractivity contribution in [3.8, 4) is 22.8 Å². The van der Waals surface area contributed by atoms with Crippen molar-refractivity contribution in [2.75, 3.05) is 19.5 Å². The largest absolute Gasteiger partial charge is 0.493 e. The van der Waals surface area contributed by atoms with Crippen molar-refractivity contribution in [2.24, 2.45) is 0 Å². The molecule has 4 rings (SSSR count). The highest BCUT2D eigenvalue weighted by Crippen LogP contribution is 2.33. The third-order valence-corrected chi connectivity index (χ3v) is 4.00. The van der Waals surface area contributed by atoms with Crippen molar-refractivity contribution in [3.05, 3.63) is 54.9 Å². The van der Waals surface area contributed by atoms with Gasteiger partial charge in [-0.2, -0.15) is 0 Å². The highest BCUT2D eigenvalue weighted by atomic mass is 16.5. The minimum atomic E-state index is 0.423. The van der Waals surface area contributed by atoms with E-state index >= 15 is 0 Å². The van der Waals surface area contributed by atoms with E-state index in [4.69, 9.17) is 13.9 Å². The fourth-order valence-electron chi connectivity index (χ4n) is 2.76. The van der Waals surface area contributed by atoms with E-state index in [0.717, 1.165) is 22.2 Å². The van der Waals surface area contributed by atoms with Crippen molar-refractivity contribution in [2.45, 2.75) is 0 Å². The molecule has 0 spiro atoms. The monoisotopic (exact) mass is 335 g/mol. The number of benzene rings is 2. The van der Waals surface area contributed by atoms with Gasteiger partial charge in [-0.25, -0.2) is 4.98 Å². The number of hydrogen-bond donors (Lipinski definition) is 2. The van der Waals surface area contributed by atoms with Crippen LogP contribution in [0.25, 0.3) is 22.2 Å². The Bertz CT molecular complexity index is 1020. The zero-order valence-electron chi connectivity index (χ0n) is 13.9. The number of ether oxygens (including phenoxy) is 2. The number of rotatable bonds is 5. The number of aromatic amines is 1. The second-order valence-electron chi connectivity index (χ2n) is 5.47. The predicted molar refractivity (Wildman–Crippen MR) is 96.6 cm³/mol. The smallest absolute Gasteiger partial charge is 0.299 e. The van der Waals surface area contributed by atoms with E-state index in [1.54, 1.807) is 20.4 Å². The SMILES string of the molecule is COc1ccc(-c2cnc(Nc3cccc4cc[nH]c34)o2)cc1OC. The first kappa shape index (κ1) is 15.1. The molecule has 0 aliphatic carbocycles. The van der Waals surface area contributed by atoms with Gasteiger partial charge >= 0.3 is 0 Å². The Morgan fingerprint density at radius 2 is 1.92 bits per heavy atom. The number of H-pyrrole nitrogens is 1. The molecule has 0 radical (unpaired) electrons. The second-order valence-corrected chi connectivity index (χ2v) is 5.47. The van der Waals surface area contributed by atoms with Gasteiger partial charge in [-0.15, -0.1) is 0 Å². The molecule has 0 saturated heterocycles. The summed E-state index contributed by atoms with van der Waals surface area (Å²) < 4.78 is 16.4. The van der Waals surface area contributed by atoms with Gasteiger partial charge in [-0.1, -0.05) is 12.1 Å². The van der Waals surface area contributed by atoms with Gasteiger partial charge in [0.05, 0.1) is 31.6 Å². The lowest BCUT2D eigenvalue weighted by Gasteiger charge is -2.08. The van der Waals surface area contributed by atoms with Crippen LogP contribution in [0, 0.1) is 0 Å². The van der Waals surface area contributed by atoms with Gasteiger partial charge in [-0.3, -0.25) is 0 Å². The van der Waals surface area contributed by atoms with Crippen LogP contribution in [-0.4, -0.2) is 24.2 Å². The summed E-state index contributed by atoms with van der Waals surface area (Å²) in [5, 5.41) is 4.33. The van der Waals surface area contributed by atoms with Crippen molar-refractivity contribution in [3.63, 3.8) is 0 Å². The quantitative estimate of drug-likeness (QED) is 0.558.